The molecule has 3 rings (SSSR count). The quantitative estimate of drug-likeness (QED) is 0.630. The van der Waals surface area contributed by atoms with Crippen molar-refractivity contribution in [1.29, 1.82) is 0 Å². The Morgan fingerprint density at radius 3 is 2.77 bits per heavy atom. The molecule has 0 fully saturated rings. The van der Waals surface area contributed by atoms with Gasteiger partial charge in [-0.2, -0.15) is 0 Å². The lowest BCUT2D eigenvalue weighted by Crippen LogP contribution is -2.26. The van der Waals surface area contributed by atoms with E-state index in [1.165, 1.54) is 10.8 Å². The van der Waals surface area contributed by atoms with Crippen LogP contribution in [0.4, 0.5) is 4.79 Å². The summed E-state index contributed by atoms with van der Waals surface area (Å²) in [5, 5.41) is 0.880. The van der Waals surface area contributed by atoms with Crippen LogP contribution in [-0.2, 0) is 11.3 Å². The van der Waals surface area contributed by atoms with E-state index in [2.05, 4.69) is 11.6 Å². The highest BCUT2D eigenvalue weighted by atomic mass is 16.6. The zero-order valence-corrected chi connectivity index (χ0v) is 15.5. The van der Waals surface area contributed by atoms with Crippen LogP contribution in [-0.4, -0.2) is 25.8 Å². The molecule has 0 unspecified atom stereocenters. The van der Waals surface area contributed by atoms with Crippen molar-refractivity contribution in [3.8, 4) is 17.0 Å². The second kappa shape index (κ2) is 6.71. The molecule has 2 aromatic heterocycles. The number of aryl methyl sites for hydroxylation is 1. The number of fused-ring (bicyclic) bond motifs is 1. The Labute approximate surface area is 152 Å². The number of imidazole rings is 1. The molecule has 0 saturated heterocycles. The molecule has 6 nitrogen and oxygen atoms in total. The third-order valence-corrected chi connectivity index (χ3v) is 3.91. The van der Waals surface area contributed by atoms with Crippen molar-refractivity contribution in [3.63, 3.8) is 0 Å². The Kier molecular flexibility index (Phi) is 4.59. The molecule has 0 saturated carbocycles. The van der Waals surface area contributed by atoms with Crippen LogP contribution in [0, 0.1) is 0 Å². The number of nitrogens with zero attached hydrogens (tertiary/aromatic N) is 3. The van der Waals surface area contributed by atoms with Gasteiger partial charge in [-0.15, -0.1) is 0 Å². The van der Waals surface area contributed by atoms with Crippen molar-refractivity contribution < 1.29 is 14.3 Å². The van der Waals surface area contributed by atoms with Gasteiger partial charge >= 0.3 is 6.09 Å². The third-order valence-electron chi connectivity index (χ3n) is 3.91. The lowest BCUT2D eigenvalue weighted by Gasteiger charge is -2.19. The predicted molar refractivity (Wildman–Crippen MR) is 101 cm³/mol. The smallest absolute Gasteiger partial charge is 0.419 e. The van der Waals surface area contributed by atoms with Gasteiger partial charge < -0.3 is 14.0 Å². The first-order chi connectivity index (χ1) is 12.3. The zero-order valence-electron chi connectivity index (χ0n) is 15.5. The van der Waals surface area contributed by atoms with Gasteiger partial charge in [0.2, 0.25) is 0 Å². The number of carbonyl (C=O) groups excluding carboxylic acids is 1. The summed E-state index contributed by atoms with van der Waals surface area (Å²) in [5.41, 5.74) is 1.98. The minimum Gasteiger partial charge on any atom is -0.466 e. The van der Waals surface area contributed by atoms with Crippen molar-refractivity contribution in [3.05, 3.63) is 49.8 Å². The Bertz CT molecular complexity index is 960. The van der Waals surface area contributed by atoms with Gasteiger partial charge in [0.1, 0.15) is 11.4 Å². The molecule has 0 amide bonds. The Morgan fingerprint density at radius 2 is 2.12 bits per heavy atom. The predicted octanol–water partition coefficient (Wildman–Crippen LogP) is 4.83. The minimum atomic E-state index is -0.578. The van der Waals surface area contributed by atoms with Crippen LogP contribution in [0.5, 0.6) is 5.75 Å². The average Bonchev–Trinajstić information content (AvgIpc) is 3.16. The number of carbonyl (C=O) groups is 1. The van der Waals surface area contributed by atoms with E-state index in [1.807, 2.05) is 44.4 Å². The summed E-state index contributed by atoms with van der Waals surface area (Å²) in [6, 6.07) is 5.53. The third kappa shape index (κ3) is 3.35. The highest BCUT2D eigenvalue weighted by Gasteiger charge is 2.22. The first-order valence-corrected chi connectivity index (χ1v) is 8.50. The normalized spacial score (nSPS) is 11.5. The Balaban J connectivity index is 2.21. The van der Waals surface area contributed by atoms with Gasteiger partial charge in [0.25, 0.3) is 0 Å². The fraction of sp³-hybridized carbons (Fsp3) is 0.300. The van der Waals surface area contributed by atoms with E-state index >= 15 is 0 Å². The van der Waals surface area contributed by atoms with E-state index in [0.29, 0.717) is 5.75 Å². The second-order valence-corrected chi connectivity index (χ2v) is 6.92. The highest BCUT2D eigenvalue weighted by molar-refractivity contribution is 6.00. The maximum Gasteiger partial charge on any atom is 0.419 e. The van der Waals surface area contributed by atoms with Gasteiger partial charge in [-0.25, -0.2) is 9.78 Å². The zero-order chi connectivity index (χ0) is 18.9. The van der Waals surface area contributed by atoms with Crippen molar-refractivity contribution >= 4 is 17.0 Å². The van der Waals surface area contributed by atoms with Gasteiger partial charge in [-0.1, -0.05) is 6.58 Å². The first-order valence-electron chi connectivity index (χ1n) is 8.50. The molecule has 136 valence electrons. The molecule has 6 heteroatoms. The molecule has 0 aliphatic carbocycles. The van der Waals surface area contributed by atoms with E-state index in [-0.39, 0.29) is 0 Å². The molecule has 0 radical (unpaired) electrons. The average molecular weight is 353 g/mol. The van der Waals surface area contributed by atoms with Crippen LogP contribution in [0.25, 0.3) is 22.2 Å². The van der Waals surface area contributed by atoms with Crippen molar-refractivity contribution in [2.24, 2.45) is 0 Å². The molecular weight excluding hydrogens is 330 g/mol. The molecule has 0 atom stereocenters. The van der Waals surface area contributed by atoms with Crippen molar-refractivity contribution in [2.75, 3.05) is 0 Å². The van der Waals surface area contributed by atoms with Crippen molar-refractivity contribution in [2.45, 2.75) is 39.8 Å². The summed E-state index contributed by atoms with van der Waals surface area (Å²) in [5.74, 6) is 0.651. The number of aromatic nitrogens is 3. The van der Waals surface area contributed by atoms with Gasteiger partial charge in [0.15, 0.2) is 0 Å². The molecule has 3 aromatic rings. The standard InChI is InChI=1S/C20H23N3O3/c1-6-22-13-21-11-18(22)16-12-23(19(24)26-20(3,4)5)17-9-8-14(25-7-2)10-15(16)17/h7-13H,2,6H2,1,3-5H3. The monoisotopic (exact) mass is 353 g/mol. The molecule has 0 bridgehead atoms. The molecule has 1 aromatic carbocycles. The maximum absolute atomic E-state index is 12.7. The van der Waals surface area contributed by atoms with Crippen LogP contribution in [0.15, 0.2) is 49.8 Å². The maximum atomic E-state index is 12.7. The molecular formula is C20H23N3O3. The lowest BCUT2D eigenvalue weighted by molar-refractivity contribution is 0.0544. The summed E-state index contributed by atoms with van der Waals surface area (Å²) in [6.45, 7) is 12.0. The van der Waals surface area contributed by atoms with Gasteiger partial charge in [-0.05, 0) is 45.9 Å². The summed E-state index contributed by atoms with van der Waals surface area (Å²) < 4.78 is 14.5. The summed E-state index contributed by atoms with van der Waals surface area (Å²) in [6.07, 6.45) is 6.31. The molecule has 0 aliphatic rings. The van der Waals surface area contributed by atoms with Crippen LogP contribution in [0.3, 0.4) is 0 Å². The molecule has 0 aliphatic heterocycles. The summed E-state index contributed by atoms with van der Waals surface area (Å²) in [7, 11) is 0. The highest BCUT2D eigenvalue weighted by Crippen LogP contribution is 2.33. The van der Waals surface area contributed by atoms with Gasteiger partial charge in [0.05, 0.1) is 30.0 Å². The lowest BCUT2D eigenvalue weighted by atomic mass is 10.1. The van der Waals surface area contributed by atoms with Gasteiger partial charge in [-0.3, -0.25) is 4.57 Å². The number of hydrogen-bond donors (Lipinski definition) is 0. The first kappa shape index (κ1) is 17.8. The van der Waals surface area contributed by atoms with E-state index in [0.717, 1.165) is 28.7 Å². The molecule has 0 spiro atoms. The van der Waals surface area contributed by atoms with Crippen LogP contribution >= 0.6 is 0 Å². The van der Waals surface area contributed by atoms with E-state index in [4.69, 9.17) is 9.47 Å². The van der Waals surface area contributed by atoms with E-state index < -0.39 is 11.7 Å². The van der Waals surface area contributed by atoms with E-state index in [9.17, 15) is 4.79 Å². The fourth-order valence-electron chi connectivity index (χ4n) is 2.84. The van der Waals surface area contributed by atoms with Gasteiger partial charge in [0, 0.05) is 23.7 Å². The number of benzene rings is 1. The molecule has 0 N–H and O–H groups in total. The Morgan fingerprint density at radius 1 is 1.35 bits per heavy atom. The van der Waals surface area contributed by atoms with E-state index in [1.54, 1.807) is 24.8 Å². The van der Waals surface area contributed by atoms with Crippen molar-refractivity contribution in [1.82, 2.24) is 14.1 Å². The van der Waals surface area contributed by atoms with Crippen LogP contribution < -0.4 is 4.74 Å². The SMILES string of the molecule is C=COc1ccc2c(c1)c(-c1cncn1CC)cn2C(=O)OC(C)(C)C. The topological polar surface area (TPSA) is 58.3 Å². The number of hydrogen-bond acceptors (Lipinski definition) is 4. The molecule has 26 heavy (non-hydrogen) atoms. The summed E-state index contributed by atoms with van der Waals surface area (Å²) >= 11 is 0. The summed E-state index contributed by atoms with van der Waals surface area (Å²) in [4.78, 5) is 16.9. The minimum absolute atomic E-state index is 0.422. The fourth-order valence-corrected chi connectivity index (χ4v) is 2.84. The number of rotatable bonds is 4. The number of ether oxygens (including phenoxy) is 2. The molecule has 2 heterocycles. The largest absolute Gasteiger partial charge is 0.466 e. The van der Waals surface area contributed by atoms with Crippen LogP contribution in [0.1, 0.15) is 27.7 Å². The van der Waals surface area contributed by atoms with Crippen LogP contribution in [0.2, 0.25) is 0 Å². The Hall–Kier alpha value is -3.02. The second-order valence-electron chi connectivity index (χ2n) is 6.92.